The minimum absolute atomic E-state index is 0.421. The van der Waals surface area contributed by atoms with Crippen molar-refractivity contribution in [2.75, 3.05) is 13.7 Å². The lowest BCUT2D eigenvalue weighted by atomic mass is 9.46. The summed E-state index contributed by atoms with van der Waals surface area (Å²) in [4.78, 5) is 4.34. The molecule has 2 saturated carbocycles. The number of rotatable bonds is 2. The number of guanidine groups is 1. The third kappa shape index (κ3) is 1.65. The van der Waals surface area contributed by atoms with Crippen LogP contribution in [0, 0.1) is 11.3 Å². The zero-order chi connectivity index (χ0) is 12.8. The highest BCUT2D eigenvalue weighted by molar-refractivity contribution is 5.80. The number of nitrogens with one attached hydrogen (secondary N) is 2. The molecule has 3 atom stereocenters. The zero-order valence-corrected chi connectivity index (χ0v) is 11.7. The lowest BCUT2D eigenvalue weighted by molar-refractivity contribution is -0.171. The molecule has 4 nitrogen and oxygen atoms in total. The van der Waals surface area contributed by atoms with E-state index in [1.165, 1.54) is 25.7 Å². The van der Waals surface area contributed by atoms with Crippen molar-refractivity contribution >= 4 is 5.96 Å². The van der Waals surface area contributed by atoms with Gasteiger partial charge in [-0.3, -0.25) is 4.99 Å². The molecule has 0 bridgehead atoms. The third-order valence-electron chi connectivity index (χ3n) is 4.98. The van der Waals surface area contributed by atoms with E-state index in [0.29, 0.717) is 29.5 Å². The van der Waals surface area contributed by atoms with Gasteiger partial charge in [-0.1, -0.05) is 6.42 Å². The van der Waals surface area contributed by atoms with Gasteiger partial charge in [0.25, 0.3) is 0 Å². The topological polar surface area (TPSA) is 45.7 Å². The summed E-state index contributed by atoms with van der Waals surface area (Å²) in [6.07, 6.45) is 5.75. The number of hydrogen-bond donors (Lipinski definition) is 2. The Morgan fingerprint density at radius 3 is 2.72 bits per heavy atom. The normalized spacial score (nSPS) is 37.1. The van der Waals surface area contributed by atoms with Crippen molar-refractivity contribution < 1.29 is 4.74 Å². The van der Waals surface area contributed by atoms with Gasteiger partial charge in [-0.05, 0) is 33.1 Å². The van der Waals surface area contributed by atoms with Crippen molar-refractivity contribution in [3.8, 4) is 0 Å². The number of nitrogens with zero attached hydrogens (tertiary/aromatic N) is 1. The predicted octanol–water partition coefficient (Wildman–Crippen LogP) is 1.52. The van der Waals surface area contributed by atoms with E-state index in [-0.39, 0.29) is 0 Å². The fraction of sp³-hybridized carbons (Fsp3) is 0.929. The molecule has 1 saturated heterocycles. The van der Waals surface area contributed by atoms with Crippen molar-refractivity contribution in [3.63, 3.8) is 0 Å². The molecule has 2 N–H and O–H groups in total. The van der Waals surface area contributed by atoms with Gasteiger partial charge in [0.15, 0.2) is 5.96 Å². The largest absolute Gasteiger partial charge is 0.377 e. The van der Waals surface area contributed by atoms with Crippen LogP contribution in [0.5, 0.6) is 0 Å². The minimum atomic E-state index is 0.421. The molecule has 3 unspecified atom stereocenters. The Hall–Kier alpha value is -0.770. The summed E-state index contributed by atoms with van der Waals surface area (Å²) in [5.41, 5.74) is 0.426. The second-order valence-corrected chi connectivity index (χ2v) is 6.32. The summed E-state index contributed by atoms with van der Waals surface area (Å²) in [7, 11) is 1.85. The van der Waals surface area contributed by atoms with Crippen molar-refractivity contribution in [2.45, 2.75) is 57.7 Å². The van der Waals surface area contributed by atoms with E-state index in [2.05, 4.69) is 29.5 Å². The van der Waals surface area contributed by atoms with Gasteiger partial charge in [0, 0.05) is 37.1 Å². The molecule has 2 aliphatic carbocycles. The van der Waals surface area contributed by atoms with Gasteiger partial charge in [0.2, 0.25) is 0 Å². The lowest BCUT2D eigenvalue weighted by Gasteiger charge is -2.63. The predicted molar refractivity (Wildman–Crippen MR) is 72.7 cm³/mol. The molecule has 3 rings (SSSR count). The van der Waals surface area contributed by atoms with Crippen molar-refractivity contribution in [3.05, 3.63) is 0 Å². The number of fused-ring (bicyclic) bond motifs is 2. The Balaban J connectivity index is 1.68. The Bertz CT molecular complexity index is 349. The first-order valence-electron chi connectivity index (χ1n) is 7.29. The van der Waals surface area contributed by atoms with Crippen LogP contribution in [0.3, 0.4) is 0 Å². The highest BCUT2D eigenvalue weighted by Gasteiger charge is 2.66. The molecule has 0 amide bonds. The molecular formula is C14H25N3O. The van der Waals surface area contributed by atoms with E-state index in [0.717, 1.165) is 12.6 Å². The number of aliphatic imine (C=N–C) groups is 1. The lowest BCUT2D eigenvalue weighted by Crippen LogP contribution is -2.72. The van der Waals surface area contributed by atoms with Gasteiger partial charge >= 0.3 is 0 Å². The van der Waals surface area contributed by atoms with E-state index >= 15 is 0 Å². The highest BCUT2D eigenvalue weighted by atomic mass is 16.5. The summed E-state index contributed by atoms with van der Waals surface area (Å²) < 4.78 is 5.94. The van der Waals surface area contributed by atoms with Gasteiger partial charge in [0.05, 0.1) is 6.10 Å². The standard InChI is InChI=1S/C14H25N3O/c1-9(2)16-13(15-3)17-11-10-5-8-18-12(10)14(11)6-4-7-14/h9-12H,4-8H2,1-3H3,(H2,15,16,17). The van der Waals surface area contributed by atoms with Gasteiger partial charge in [-0.15, -0.1) is 0 Å². The molecular weight excluding hydrogens is 226 g/mol. The molecule has 1 spiro atoms. The number of hydrogen-bond acceptors (Lipinski definition) is 2. The first-order valence-corrected chi connectivity index (χ1v) is 7.29. The van der Waals surface area contributed by atoms with Crippen molar-refractivity contribution in [2.24, 2.45) is 16.3 Å². The maximum Gasteiger partial charge on any atom is 0.191 e. The Morgan fingerprint density at radius 2 is 2.17 bits per heavy atom. The van der Waals surface area contributed by atoms with Crippen LogP contribution in [0.1, 0.15) is 39.5 Å². The Labute approximate surface area is 110 Å². The summed E-state index contributed by atoms with van der Waals surface area (Å²) in [5, 5.41) is 7.05. The summed E-state index contributed by atoms with van der Waals surface area (Å²) in [6.45, 7) is 5.24. The molecule has 3 aliphatic rings. The van der Waals surface area contributed by atoms with Crippen LogP contribution in [0.4, 0.5) is 0 Å². The first-order chi connectivity index (χ1) is 8.67. The van der Waals surface area contributed by atoms with Crippen LogP contribution in [0.25, 0.3) is 0 Å². The van der Waals surface area contributed by atoms with Crippen LogP contribution in [0.15, 0.2) is 4.99 Å². The second-order valence-electron chi connectivity index (χ2n) is 6.32. The van der Waals surface area contributed by atoms with Crippen LogP contribution < -0.4 is 10.6 Å². The molecule has 18 heavy (non-hydrogen) atoms. The van der Waals surface area contributed by atoms with Crippen LogP contribution in [-0.4, -0.2) is 37.8 Å². The molecule has 3 fully saturated rings. The molecule has 0 aromatic heterocycles. The van der Waals surface area contributed by atoms with Crippen LogP contribution in [0.2, 0.25) is 0 Å². The maximum absolute atomic E-state index is 5.94. The molecule has 102 valence electrons. The summed E-state index contributed by atoms with van der Waals surface area (Å²) in [5.74, 6) is 1.66. The van der Waals surface area contributed by atoms with Gasteiger partial charge in [-0.2, -0.15) is 0 Å². The van der Waals surface area contributed by atoms with Crippen LogP contribution in [-0.2, 0) is 4.74 Å². The molecule has 0 radical (unpaired) electrons. The SMILES string of the molecule is CN=C(NC(C)C)NC1C2CCOC2C12CCC2. The maximum atomic E-state index is 5.94. The summed E-state index contributed by atoms with van der Waals surface area (Å²) >= 11 is 0. The smallest absolute Gasteiger partial charge is 0.191 e. The first kappa shape index (κ1) is 12.3. The quantitative estimate of drug-likeness (QED) is 0.578. The van der Waals surface area contributed by atoms with Gasteiger partial charge < -0.3 is 15.4 Å². The van der Waals surface area contributed by atoms with Crippen molar-refractivity contribution in [1.29, 1.82) is 0 Å². The fourth-order valence-electron chi connectivity index (χ4n) is 4.05. The average Bonchev–Trinajstić information content (AvgIpc) is 2.66. The summed E-state index contributed by atoms with van der Waals surface area (Å²) in [6, 6.07) is 0.993. The number of ether oxygens (including phenoxy) is 1. The van der Waals surface area contributed by atoms with Crippen molar-refractivity contribution in [1.82, 2.24) is 10.6 Å². The molecule has 4 heteroatoms. The highest BCUT2D eigenvalue weighted by Crippen LogP contribution is 2.62. The van der Waals surface area contributed by atoms with E-state index in [1.807, 2.05) is 7.05 Å². The molecule has 0 aromatic rings. The zero-order valence-electron chi connectivity index (χ0n) is 11.7. The monoisotopic (exact) mass is 251 g/mol. The van der Waals surface area contributed by atoms with E-state index in [1.54, 1.807) is 0 Å². The average molecular weight is 251 g/mol. The van der Waals surface area contributed by atoms with Gasteiger partial charge in [-0.25, -0.2) is 0 Å². The van der Waals surface area contributed by atoms with Gasteiger partial charge in [0.1, 0.15) is 0 Å². The molecule has 1 heterocycles. The molecule has 1 aliphatic heterocycles. The Kier molecular flexibility index (Phi) is 3.00. The van der Waals surface area contributed by atoms with E-state index < -0.39 is 0 Å². The van der Waals surface area contributed by atoms with E-state index in [9.17, 15) is 0 Å². The van der Waals surface area contributed by atoms with E-state index in [4.69, 9.17) is 4.74 Å². The fourth-order valence-corrected chi connectivity index (χ4v) is 4.05. The minimum Gasteiger partial charge on any atom is -0.377 e. The Morgan fingerprint density at radius 1 is 1.39 bits per heavy atom. The third-order valence-corrected chi connectivity index (χ3v) is 4.98. The second kappa shape index (κ2) is 4.41. The van der Waals surface area contributed by atoms with Crippen LogP contribution >= 0.6 is 0 Å². The molecule has 0 aromatic carbocycles.